The molecule has 0 aromatic heterocycles. The third-order valence-electron chi connectivity index (χ3n) is 3.96. The minimum atomic E-state index is 0.0722. The average Bonchev–Trinajstić information content (AvgIpc) is 3.23. The van der Waals surface area contributed by atoms with Crippen molar-refractivity contribution in [2.75, 3.05) is 19.7 Å². The fraction of sp³-hybridized carbons (Fsp3) is 0.647. The van der Waals surface area contributed by atoms with Gasteiger partial charge in [0.25, 0.3) is 0 Å². The van der Waals surface area contributed by atoms with Crippen molar-refractivity contribution in [1.29, 1.82) is 0 Å². The van der Waals surface area contributed by atoms with Crippen LogP contribution in [0.1, 0.15) is 50.8 Å². The topological polar surface area (TPSA) is 38.5 Å². The molecule has 1 saturated carbocycles. The van der Waals surface area contributed by atoms with Gasteiger partial charge in [-0.2, -0.15) is 0 Å². The molecule has 0 amide bonds. The lowest BCUT2D eigenvalue weighted by atomic mass is 10.0. The van der Waals surface area contributed by atoms with Crippen molar-refractivity contribution in [3.05, 3.63) is 29.3 Å². The van der Waals surface area contributed by atoms with E-state index in [1.807, 2.05) is 13.8 Å². The van der Waals surface area contributed by atoms with Crippen molar-refractivity contribution in [2.24, 2.45) is 11.7 Å². The molecular formula is C17H28N2O. The number of benzene rings is 1. The molecule has 1 aromatic carbocycles. The number of nitrogens with two attached hydrogens (primary N) is 1. The minimum absolute atomic E-state index is 0.0722. The number of hydrogen-bond donors (Lipinski definition) is 1. The zero-order valence-corrected chi connectivity index (χ0v) is 13.1. The molecule has 1 aliphatic rings. The maximum absolute atomic E-state index is 6.01. The van der Waals surface area contributed by atoms with Crippen molar-refractivity contribution < 1.29 is 4.74 Å². The summed E-state index contributed by atoms with van der Waals surface area (Å²) in [7, 11) is 0. The summed E-state index contributed by atoms with van der Waals surface area (Å²) in [6, 6.07) is 6.44. The van der Waals surface area contributed by atoms with E-state index in [4.69, 9.17) is 10.5 Å². The van der Waals surface area contributed by atoms with E-state index in [1.165, 1.54) is 30.5 Å². The fourth-order valence-corrected chi connectivity index (χ4v) is 2.51. The third kappa shape index (κ3) is 4.22. The standard InChI is InChI=1S/C17H28N2O/c1-4-19(11-14-6-7-14)12-16-10-15(13(3)18)8-9-17(16)20-5-2/h8-10,13-14H,4-7,11-12,18H2,1-3H3. The maximum atomic E-state index is 6.01. The molecule has 1 aromatic rings. The van der Waals surface area contributed by atoms with Crippen molar-refractivity contribution in [3.8, 4) is 5.75 Å². The van der Waals surface area contributed by atoms with Gasteiger partial charge in [-0.25, -0.2) is 0 Å². The number of rotatable bonds is 8. The minimum Gasteiger partial charge on any atom is -0.494 e. The molecule has 1 aliphatic carbocycles. The molecule has 1 atom stereocenters. The summed E-state index contributed by atoms with van der Waals surface area (Å²) in [4.78, 5) is 2.51. The van der Waals surface area contributed by atoms with Crippen LogP contribution in [-0.2, 0) is 6.54 Å². The molecule has 0 radical (unpaired) electrons. The van der Waals surface area contributed by atoms with Crippen LogP contribution in [0.25, 0.3) is 0 Å². The highest BCUT2D eigenvalue weighted by Gasteiger charge is 2.24. The second-order valence-electron chi connectivity index (χ2n) is 5.86. The Morgan fingerprint density at radius 2 is 2.10 bits per heavy atom. The van der Waals surface area contributed by atoms with Gasteiger partial charge in [0.05, 0.1) is 6.61 Å². The van der Waals surface area contributed by atoms with Gasteiger partial charge in [-0.15, -0.1) is 0 Å². The maximum Gasteiger partial charge on any atom is 0.123 e. The van der Waals surface area contributed by atoms with E-state index < -0.39 is 0 Å². The van der Waals surface area contributed by atoms with E-state index in [0.717, 1.165) is 24.8 Å². The molecule has 1 fully saturated rings. The summed E-state index contributed by atoms with van der Waals surface area (Å²) in [5.74, 6) is 1.92. The van der Waals surface area contributed by atoms with Gasteiger partial charge < -0.3 is 10.5 Å². The first-order chi connectivity index (χ1) is 9.63. The third-order valence-corrected chi connectivity index (χ3v) is 3.96. The van der Waals surface area contributed by atoms with Crippen LogP contribution in [0.15, 0.2) is 18.2 Å². The monoisotopic (exact) mass is 276 g/mol. The Balaban J connectivity index is 2.14. The molecule has 1 unspecified atom stereocenters. The summed E-state index contributed by atoms with van der Waals surface area (Å²) in [5.41, 5.74) is 8.46. The van der Waals surface area contributed by atoms with Crippen LogP contribution in [0.5, 0.6) is 5.75 Å². The summed E-state index contributed by atoms with van der Waals surface area (Å²) in [6.45, 7) is 10.3. The van der Waals surface area contributed by atoms with E-state index in [0.29, 0.717) is 6.61 Å². The highest BCUT2D eigenvalue weighted by molar-refractivity contribution is 5.38. The largest absolute Gasteiger partial charge is 0.494 e. The molecule has 20 heavy (non-hydrogen) atoms. The van der Waals surface area contributed by atoms with Crippen LogP contribution in [0.2, 0.25) is 0 Å². The molecule has 112 valence electrons. The van der Waals surface area contributed by atoms with Gasteiger partial charge in [0.2, 0.25) is 0 Å². The number of nitrogens with zero attached hydrogens (tertiary/aromatic N) is 1. The van der Waals surface area contributed by atoms with Gasteiger partial charge in [0.1, 0.15) is 5.75 Å². The van der Waals surface area contributed by atoms with E-state index in [-0.39, 0.29) is 6.04 Å². The fourth-order valence-electron chi connectivity index (χ4n) is 2.51. The molecule has 0 saturated heterocycles. The highest BCUT2D eigenvalue weighted by Crippen LogP contribution is 2.31. The Morgan fingerprint density at radius 3 is 2.65 bits per heavy atom. The Bertz CT molecular complexity index is 427. The Hall–Kier alpha value is -1.06. The normalized spacial score (nSPS) is 16.4. The van der Waals surface area contributed by atoms with Gasteiger partial charge in [0.15, 0.2) is 0 Å². The van der Waals surface area contributed by atoms with Gasteiger partial charge in [-0.3, -0.25) is 4.90 Å². The van der Waals surface area contributed by atoms with Crippen LogP contribution >= 0.6 is 0 Å². The van der Waals surface area contributed by atoms with Crippen LogP contribution in [0, 0.1) is 5.92 Å². The molecule has 0 bridgehead atoms. The number of hydrogen-bond acceptors (Lipinski definition) is 3. The molecule has 2 N–H and O–H groups in total. The first kappa shape index (κ1) is 15.3. The summed E-state index contributed by atoms with van der Waals surface area (Å²) in [6.07, 6.45) is 2.80. The Morgan fingerprint density at radius 1 is 1.35 bits per heavy atom. The molecule has 0 spiro atoms. The molecular weight excluding hydrogens is 248 g/mol. The van der Waals surface area contributed by atoms with Gasteiger partial charge >= 0.3 is 0 Å². The SMILES string of the molecule is CCOc1ccc(C(C)N)cc1CN(CC)CC1CC1. The Kier molecular flexibility index (Phi) is 5.44. The van der Waals surface area contributed by atoms with Gasteiger partial charge in [-0.1, -0.05) is 13.0 Å². The van der Waals surface area contributed by atoms with E-state index in [9.17, 15) is 0 Å². The van der Waals surface area contributed by atoms with Crippen molar-refractivity contribution in [2.45, 2.75) is 46.2 Å². The number of ether oxygens (including phenoxy) is 1. The van der Waals surface area contributed by atoms with E-state index >= 15 is 0 Å². The summed E-state index contributed by atoms with van der Waals surface area (Å²) >= 11 is 0. The lowest BCUT2D eigenvalue weighted by Crippen LogP contribution is -2.25. The van der Waals surface area contributed by atoms with Crippen LogP contribution in [0.4, 0.5) is 0 Å². The molecule has 3 heteroatoms. The molecule has 0 heterocycles. The van der Waals surface area contributed by atoms with Crippen LogP contribution < -0.4 is 10.5 Å². The quantitative estimate of drug-likeness (QED) is 0.791. The van der Waals surface area contributed by atoms with Crippen molar-refractivity contribution >= 4 is 0 Å². The van der Waals surface area contributed by atoms with E-state index in [2.05, 4.69) is 30.0 Å². The van der Waals surface area contributed by atoms with Crippen molar-refractivity contribution in [3.63, 3.8) is 0 Å². The predicted molar refractivity (Wildman–Crippen MR) is 83.9 cm³/mol. The highest BCUT2D eigenvalue weighted by atomic mass is 16.5. The van der Waals surface area contributed by atoms with Gasteiger partial charge in [-0.05, 0) is 56.8 Å². The van der Waals surface area contributed by atoms with Crippen LogP contribution in [-0.4, -0.2) is 24.6 Å². The van der Waals surface area contributed by atoms with Crippen LogP contribution in [0.3, 0.4) is 0 Å². The summed E-state index contributed by atoms with van der Waals surface area (Å²) in [5, 5.41) is 0. The van der Waals surface area contributed by atoms with Crippen molar-refractivity contribution in [1.82, 2.24) is 4.90 Å². The zero-order valence-electron chi connectivity index (χ0n) is 13.1. The average molecular weight is 276 g/mol. The predicted octanol–water partition coefficient (Wildman–Crippen LogP) is 3.34. The first-order valence-corrected chi connectivity index (χ1v) is 7.87. The summed E-state index contributed by atoms with van der Waals surface area (Å²) < 4.78 is 5.77. The second kappa shape index (κ2) is 7.09. The Labute approximate surface area is 123 Å². The second-order valence-corrected chi connectivity index (χ2v) is 5.86. The molecule has 0 aliphatic heterocycles. The first-order valence-electron chi connectivity index (χ1n) is 7.87. The zero-order chi connectivity index (χ0) is 14.5. The van der Waals surface area contributed by atoms with E-state index in [1.54, 1.807) is 0 Å². The smallest absolute Gasteiger partial charge is 0.123 e. The lowest BCUT2D eigenvalue weighted by molar-refractivity contribution is 0.259. The molecule has 2 rings (SSSR count). The molecule has 3 nitrogen and oxygen atoms in total. The lowest BCUT2D eigenvalue weighted by Gasteiger charge is -2.22. The van der Waals surface area contributed by atoms with Gasteiger partial charge in [0, 0.05) is 24.7 Å².